The summed E-state index contributed by atoms with van der Waals surface area (Å²) < 4.78 is 0. The molecule has 106 valence electrons. The first-order valence-corrected chi connectivity index (χ1v) is 7.20. The van der Waals surface area contributed by atoms with E-state index in [4.69, 9.17) is 0 Å². The van der Waals surface area contributed by atoms with Gasteiger partial charge in [0.05, 0.1) is 0 Å². The minimum atomic E-state index is 0.700. The quantitative estimate of drug-likeness (QED) is 0.903. The fourth-order valence-corrected chi connectivity index (χ4v) is 2.04. The highest BCUT2D eigenvalue weighted by atomic mass is 15.0. The highest BCUT2D eigenvalue weighted by Gasteiger charge is 2.11. The van der Waals surface area contributed by atoms with Gasteiger partial charge in [-0.15, -0.1) is 0 Å². The van der Waals surface area contributed by atoms with E-state index in [2.05, 4.69) is 41.0 Å². The first kappa shape index (κ1) is 14.4. The van der Waals surface area contributed by atoms with Gasteiger partial charge in [0.25, 0.3) is 0 Å². The zero-order chi connectivity index (χ0) is 14.5. The molecule has 2 heterocycles. The van der Waals surface area contributed by atoms with Crippen LogP contribution < -0.4 is 5.32 Å². The van der Waals surface area contributed by atoms with Gasteiger partial charge in [0.2, 0.25) is 0 Å². The lowest BCUT2D eigenvalue weighted by Crippen LogP contribution is -2.09. The Morgan fingerprint density at radius 1 is 1.10 bits per heavy atom. The van der Waals surface area contributed by atoms with Crippen molar-refractivity contribution in [3.63, 3.8) is 0 Å². The summed E-state index contributed by atoms with van der Waals surface area (Å²) in [5, 5.41) is 3.38. The molecule has 2 aromatic rings. The third-order valence-corrected chi connectivity index (χ3v) is 3.26. The Morgan fingerprint density at radius 3 is 2.50 bits per heavy atom. The van der Waals surface area contributed by atoms with Gasteiger partial charge < -0.3 is 5.32 Å². The van der Waals surface area contributed by atoms with E-state index in [0.717, 1.165) is 47.7 Å². The standard InChI is InChI=1S/C16H22N4/c1-5-9-17-15-12(4)13(6-2)19-16(20-15)14-8-7-11(3)10-18-14/h7-8,10H,5-6,9H2,1-4H3,(H,17,19,20). The smallest absolute Gasteiger partial charge is 0.180 e. The number of hydrogen-bond donors (Lipinski definition) is 1. The normalized spacial score (nSPS) is 10.6. The molecule has 2 rings (SSSR count). The summed E-state index contributed by atoms with van der Waals surface area (Å²) in [5.74, 6) is 1.63. The molecule has 0 amide bonds. The highest BCUT2D eigenvalue weighted by molar-refractivity contribution is 5.56. The maximum atomic E-state index is 4.65. The Balaban J connectivity index is 2.44. The molecular formula is C16H22N4. The van der Waals surface area contributed by atoms with Crippen LogP contribution >= 0.6 is 0 Å². The van der Waals surface area contributed by atoms with Gasteiger partial charge in [-0.2, -0.15) is 0 Å². The van der Waals surface area contributed by atoms with E-state index in [0.29, 0.717) is 5.82 Å². The maximum Gasteiger partial charge on any atom is 0.180 e. The van der Waals surface area contributed by atoms with E-state index in [1.807, 2.05) is 25.3 Å². The molecule has 0 unspecified atom stereocenters. The molecule has 1 N–H and O–H groups in total. The molecule has 0 bridgehead atoms. The average molecular weight is 270 g/mol. The molecule has 0 radical (unpaired) electrons. The van der Waals surface area contributed by atoms with Crippen molar-refractivity contribution in [3.05, 3.63) is 35.2 Å². The molecule has 0 aliphatic heterocycles. The van der Waals surface area contributed by atoms with Crippen LogP contribution in [0.15, 0.2) is 18.3 Å². The van der Waals surface area contributed by atoms with Crippen molar-refractivity contribution in [2.45, 2.75) is 40.5 Å². The topological polar surface area (TPSA) is 50.7 Å². The summed E-state index contributed by atoms with van der Waals surface area (Å²) >= 11 is 0. The zero-order valence-corrected chi connectivity index (χ0v) is 12.7. The minimum Gasteiger partial charge on any atom is -0.370 e. The lowest BCUT2D eigenvalue weighted by atomic mass is 10.1. The van der Waals surface area contributed by atoms with E-state index >= 15 is 0 Å². The number of aromatic nitrogens is 3. The van der Waals surface area contributed by atoms with Crippen LogP contribution in [0.2, 0.25) is 0 Å². The van der Waals surface area contributed by atoms with E-state index in [-0.39, 0.29) is 0 Å². The van der Waals surface area contributed by atoms with Crippen molar-refractivity contribution in [1.29, 1.82) is 0 Å². The van der Waals surface area contributed by atoms with Crippen LogP contribution in [0.25, 0.3) is 11.5 Å². The summed E-state index contributed by atoms with van der Waals surface area (Å²) in [4.78, 5) is 13.7. The number of hydrogen-bond acceptors (Lipinski definition) is 4. The first-order valence-electron chi connectivity index (χ1n) is 7.20. The van der Waals surface area contributed by atoms with Crippen molar-refractivity contribution in [2.75, 3.05) is 11.9 Å². The largest absolute Gasteiger partial charge is 0.370 e. The second-order valence-corrected chi connectivity index (χ2v) is 4.97. The Kier molecular flexibility index (Phi) is 4.66. The molecule has 2 aromatic heterocycles. The average Bonchev–Trinajstić information content (AvgIpc) is 2.47. The number of nitrogens with zero attached hydrogens (tertiary/aromatic N) is 3. The molecule has 0 aliphatic rings. The molecule has 4 nitrogen and oxygen atoms in total. The molecule has 0 atom stereocenters. The van der Waals surface area contributed by atoms with E-state index < -0.39 is 0 Å². The predicted molar refractivity (Wildman–Crippen MR) is 82.9 cm³/mol. The van der Waals surface area contributed by atoms with Gasteiger partial charge in [0.15, 0.2) is 5.82 Å². The van der Waals surface area contributed by atoms with Crippen molar-refractivity contribution in [1.82, 2.24) is 15.0 Å². The van der Waals surface area contributed by atoms with Gasteiger partial charge in [-0.25, -0.2) is 9.97 Å². The van der Waals surface area contributed by atoms with Gasteiger partial charge in [0, 0.05) is 24.0 Å². The maximum absolute atomic E-state index is 4.65. The van der Waals surface area contributed by atoms with Crippen LogP contribution in [0, 0.1) is 13.8 Å². The Bertz CT molecular complexity index is 576. The molecule has 0 aliphatic carbocycles. The monoisotopic (exact) mass is 270 g/mol. The number of rotatable bonds is 5. The lowest BCUT2D eigenvalue weighted by Gasteiger charge is -2.12. The highest BCUT2D eigenvalue weighted by Crippen LogP contribution is 2.21. The molecule has 0 spiro atoms. The molecule has 4 heteroatoms. The Labute approximate surface area is 120 Å². The van der Waals surface area contributed by atoms with Crippen LogP contribution in [0.3, 0.4) is 0 Å². The van der Waals surface area contributed by atoms with Gasteiger partial charge in [-0.1, -0.05) is 19.9 Å². The molecular weight excluding hydrogens is 248 g/mol. The van der Waals surface area contributed by atoms with Gasteiger partial charge in [0.1, 0.15) is 11.5 Å². The number of aryl methyl sites for hydroxylation is 2. The van der Waals surface area contributed by atoms with E-state index in [9.17, 15) is 0 Å². The summed E-state index contributed by atoms with van der Waals surface area (Å²) in [5.41, 5.74) is 4.18. The fourth-order valence-electron chi connectivity index (χ4n) is 2.04. The summed E-state index contributed by atoms with van der Waals surface area (Å²) in [6, 6.07) is 4.01. The Hall–Kier alpha value is -1.97. The fraction of sp³-hybridized carbons (Fsp3) is 0.438. The third kappa shape index (κ3) is 3.13. The second kappa shape index (κ2) is 6.46. The van der Waals surface area contributed by atoms with Crippen LogP contribution in [0.1, 0.15) is 37.1 Å². The van der Waals surface area contributed by atoms with Crippen molar-refractivity contribution in [3.8, 4) is 11.5 Å². The zero-order valence-electron chi connectivity index (χ0n) is 12.7. The summed E-state index contributed by atoms with van der Waals surface area (Å²) in [6.45, 7) is 9.28. The van der Waals surface area contributed by atoms with Gasteiger partial charge >= 0.3 is 0 Å². The number of anilines is 1. The van der Waals surface area contributed by atoms with Crippen LogP contribution in [0.5, 0.6) is 0 Å². The Morgan fingerprint density at radius 2 is 1.90 bits per heavy atom. The molecule has 20 heavy (non-hydrogen) atoms. The van der Waals surface area contributed by atoms with E-state index in [1.54, 1.807) is 0 Å². The lowest BCUT2D eigenvalue weighted by molar-refractivity contribution is 0.933. The van der Waals surface area contributed by atoms with Gasteiger partial charge in [-0.05, 0) is 38.3 Å². The first-order chi connectivity index (χ1) is 9.65. The number of pyridine rings is 1. The molecule has 0 saturated carbocycles. The molecule has 0 saturated heterocycles. The van der Waals surface area contributed by atoms with E-state index in [1.165, 1.54) is 0 Å². The SMILES string of the molecule is CCCNc1nc(-c2ccc(C)cn2)nc(CC)c1C. The molecule has 0 fully saturated rings. The van der Waals surface area contributed by atoms with Gasteiger partial charge in [-0.3, -0.25) is 4.98 Å². The number of nitrogens with one attached hydrogen (secondary N) is 1. The van der Waals surface area contributed by atoms with Crippen molar-refractivity contribution >= 4 is 5.82 Å². The summed E-state index contributed by atoms with van der Waals surface area (Å²) in [7, 11) is 0. The third-order valence-electron chi connectivity index (χ3n) is 3.26. The van der Waals surface area contributed by atoms with Crippen molar-refractivity contribution in [2.24, 2.45) is 0 Å². The van der Waals surface area contributed by atoms with Crippen molar-refractivity contribution < 1.29 is 0 Å². The minimum absolute atomic E-state index is 0.700. The second-order valence-electron chi connectivity index (χ2n) is 4.97. The van der Waals surface area contributed by atoms with Crippen LogP contribution in [-0.2, 0) is 6.42 Å². The predicted octanol–water partition coefficient (Wildman–Crippen LogP) is 3.54. The summed E-state index contributed by atoms with van der Waals surface area (Å²) in [6.07, 6.45) is 3.82. The van der Waals surface area contributed by atoms with Crippen LogP contribution in [-0.4, -0.2) is 21.5 Å². The van der Waals surface area contributed by atoms with Crippen LogP contribution in [0.4, 0.5) is 5.82 Å². The molecule has 0 aromatic carbocycles.